The average Bonchev–Trinajstić information content (AvgIpc) is 2.56. The smallest absolute Gasteiger partial charge is 0.407 e. The number of nitro benzene ring substituents is 1. The van der Waals surface area contributed by atoms with Crippen molar-refractivity contribution in [1.29, 1.82) is 0 Å². The maximum Gasteiger partial charge on any atom is 0.407 e. The monoisotopic (exact) mass is 362 g/mol. The molecule has 132 valence electrons. The van der Waals surface area contributed by atoms with Gasteiger partial charge in [-0.3, -0.25) is 10.1 Å². The van der Waals surface area contributed by atoms with Crippen LogP contribution in [0.3, 0.4) is 0 Å². The van der Waals surface area contributed by atoms with Gasteiger partial charge in [0.05, 0.1) is 11.5 Å². The van der Waals surface area contributed by atoms with Crippen molar-refractivity contribution < 1.29 is 19.6 Å². The fourth-order valence-corrected chi connectivity index (χ4v) is 2.85. The second kappa shape index (κ2) is 7.89. The minimum absolute atomic E-state index is 0.0196. The topological polar surface area (TPSA) is 92.9 Å². The molecule has 0 atom stereocenters. The highest BCUT2D eigenvalue weighted by Gasteiger charge is 2.16. The number of nitrogens with zero attached hydrogens (tertiary/aromatic N) is 2. The molecule has 0 aliphatic heterocycles. The van der Waals surface area contributed by atoms with Crippen molar-refractivity contribution in [1.82, 2.24) is 4.90 Å². The molecule has 0 heterocycles. The zero-order valence-corrected chi connectivity index (χ0v) is 14.9. The van der Waals surface area contributed by atoms with Gasteiger partial charge in [0.1, 0.15) is 11.5 Å². The van der Waals surface area contributed by atoms with Gasteiger partial charge in [-0.15, -0.1) is 11.8 Å². The molecule has 0 saturated carbocycles. The number of carboxylic acid groups (broad SMARTS) is 1. The van der Waals surface area contributed by atoms with Gasteiger partial charge in [-0.2, -0.15) is 0 Å². The minimum atomic E-state index is -1.13. The van der Waals surface area contributed by atoms with E-state index in [9.17, 15) is 14.9 Å². The molecule has 0 radical (unpaired) electrons. The number of ether oxygens (including phenoxy) is 1. The second-order valence-corrected chi connectivity index (χ2v) is 6.27. The molecule has 2 aromatic rings. The quantitative estimate of drug-likeness (QED) is 0.461. The summed E-state index contributed by atoms with van der Waals surface area (Å²) in [6.45, 7) is 1.95. The molecule has 0 aliphatic carbocycles. The number of non-ortho nitro benzene ring substituents is 1. The SMILES string of the molecule is CSc1ccc(Oc2ccc([N+](=O)[O-])cc2CN(C)C(=O)O)cc1C. The van der Waals surface area contributed by atoms with E-state index in [1.165, 1.54) is 25.2 Å². The van der Waals surface area contributed by atoms with Crippen LogP contribution in [-0.4, -0.2) is 34.3 Å². The summed E-state index contributed by atoms with van der Waals surface area (Å²) < 4.78 is 5.85. The number of amides is 1. The highest BCUT2D eigenvalue weighted by molar-refractivity contribution is 7.98. The molecule has 8 heteroatoms. The molecular weight excluding hydrogens is 344 g/mol. The largest absolute Gasteiger partial charge is 0.465 e. The second-order valence-electron chi connectivity index (χ2n) is 5.42. The highest BCUT2D eigenvalue weighted by Crippen LogP contribution is 2.32. The van der Waals surface area contributed by atoms with Gasteiger partial charge in [-0.25, -0.2) is 4.79 Å². The van der Waals surface area contributed by atoms with Crippen LogP contribution in [0, 0.1) is 17.0 Å². The molecule has 2 aromatic carbocycles. The lowest BCUT2D eigenvalue weighted by atomic mass is 10.1. The molecule has 0 saturated heterocycles. The fraction of sp³-hybridized carbons (Fsp3) is 0.235. The Morgan fingerprint density at radius 2 is 2.04 bits per heavy atom. The Morgan fingerprint density at radius 3 is 2.60 bits per heavy atom. The van der Waals surface area contributed by atoms with Crippen molar-refractivity contribution in [2.75, 3.05) is 13.3 Å². The first kappa shape index (κ1) is 18.6. The van der Waals surface area contributed by atoms with Crippen molar-refractivity contribution in [3.63, 3.8) is 0 Å². The van der Waals surface area contributed by atoms with Crippen molar-refractivity contribution in [3.05, 3.63) is 57.6 Å². The Morgan fingerprint density at radius 1 is 1.32 bits per heavy atom. The van der Waals surface area contributed by atoms with Crippen molar-refractivity contribution in [3.8, 4) is 11.5 Å². The van der Waals surface area contributed by atoms with Crippen molar-refractivity contribution >= 4 is 23.5 Å². The Hall–Kier alpha value is -2.74. The predicted octanol–water partition coefficient (Wildman–Crippen LogP) is 4.53. The van der Waals surface area contributed by atoms with E-state index in [2.05, 4.69) is 0 Å². The third-order valence-corrected chi connectivity index (χ3v) is 4.48. The molecular formula is C17H18N2O5S. The standard InChI is InChI=1S/C17H18N2O5S/c1-11-8-14(5-7-16(11)25-3)24-15-6-4-13(19(22)23)9-12(15)10-18(2)17(20)21/h4-9H,10H2,1-3H3,(H,20,21). The van der Waals surface area contributed by atoms with Gasteiger partial charge in [0.15, 0.2) is 0 Å². The van der Waals surface area contributed by atoms with Gasteiger partial charge in [-0.05, 0) is 43.0 Å². The van der Waals surface area contributed by atoms with Crippen LogP contribution < -0.4 is 4.74 Å². The van der Waals surface area contributed by atoms with Crippen LogP contribution in [0.25, 0.3) is 0 Å². The number of carbonyl (C=O) groups is 1. The Bertz CT molecular complexity index is 810. The first-order chi connectivity index (χ1) is 11.8. The summed E-state index contributed by atoms with van der Waals surface area (Å²) in [6.07, 6.45) is 0.858. The molecule has 1 amide bonds. The van der Waals surface area contributed by atoms with E-state index in [-0.39, 0.29) is 12.2 Å². The van der Waals surface area contributed by atoms with Gasteiger partial charge in [0.2, 0.25) is 0 Å². The number of nitro groups is 1. The maximum atomic E-state index is 11.1. The van der Waals surface area contributed by atoms with E-state index >= 15 is 0 Å². The Labute approximate surface area is 149 Å². The number of rotatable bonds is 6. The minimum Gasteiger partial charge on any atom is -0.465 e. The van der Waals surface area contributed by atoms with E-state index in [1.807, 2.05) is 31.4 Å². The van der Waals surface area contributed by atoms with Gasteiger partial charge in [0.25, 0.3) is 5.69 Å². The molecule has 0 aliphatic rings. The van der Waals surface area contributed by atoms with Crippen LogP contribution in [-0.2, 0) is 6.54 Å². The lowest BCUT2D eigenvalue weighted by Gasteiger charge is -2.17. The summed E-state index contributed by atoms with van der Waals surface area (Å²) in [7, 11) is 1.39. The predicted molar refractivity (Wildman–Crippen MR) is 95.6 cm³/mol. The van der Waals surface area contributed by atoms with Crippen LogP contribution in [0.4, 0.5) is 10.5 Å². The Balaban J connectivity index is 2.36. The van der Waals surface area contributed by atoms with E-state index in [0.717, 1.165) is 15.4 Å². The number of thioether (sulfide) groups is 1. The zero-order chi connectivity index (χ0) is 18.6. The van der Waals surface area contributed by atoms with Crippen LogP contribution in [0.1, 0.15) is 11.1 Å². The van der Waals surface area contributed by atoms with Gasteiger partial charge >= 0.3 is 6.09 Å². The third kappa shape index (κ3) is 4.63. The van der Waals surface area contributed by atoms with Crippen LogP contribution in [0.15, 0.2) is 41.3 Å². The van der Waals surface area contributed by atoms with Crippen molar-refractivity contribution in [2.24, 2.45) is 0 Å². The maximum absolute atomic E-state index is 11.1. The van der Waals surface area contributed by atoms with Gasteiger partial charge in [0, 0.05) is 29.6 Å². The van der Waals surface area contributed by atoms with Crippen LogP contribution in [0.2, 0.25) is 0 Å². The summed E-state index contributed by atoms with van der Waals surface area (Å²) in [6, 6.07) is 9.77. The van der Waals surface area contributed by atoms with Gasteiger partial charge < -0.3 is 14.7 Å². The van der Waals surface area contributed by atoms with E-state index in [1.54, 1.807) is 11.8 Å². The van der Waals surface area contributed by atoms with Crippen LogP contribution >= 0.6 is 11.8 Å². The number of hydrogen-bond donors (Lipinski definition) is 1. The molecule has 0 bridgehead atoms. The molecule has 0 unspecified atom stereocenters. The number of hydrogen-bond acceptors (Lipinski definition) is 5. The number of benzene rings is 2. The summed E-state index contributed by atoms with van der Waals surface area (Å²) in [4.78, 5) is 23.7. The molecule has 2 rings (SSSR count). The average molecular weight is 362 g/mol. The van der Waals surface area contributed by atoms with Crippen molar-refractivity contribution in [2.45, 2.75) is 18.4 Å². The molecule has 0 spiro atoms. The zero-order valence-electron chi connectivity index (χ0n) is 14.1. The fourth-order valence-electron chi connectivity index (χ4n) is 2.27. The lowest BCUT2D eigenvalue weighted by molar-refractivity contribution is -0.384. The molecule has 0 fully saturated rings. The van der Waals surface area contributed by atoms with E-state index < -0.39 is 11.0 Å². The third-order valence-electron chi connectivity index (χ3n) is 3.58. The first-order valence-electron chi connectivity index (χ1n) is 7.35. The molecule has 0 aromatic heterocycles. The first-order valence-corrected chi connectivity index (χ1v) is 8.58. The molecule has 25 heavy (non-hydrogen) atoms. The van der Waals surface area contributed by atoms with Gasteiger partial charge in [-0.1, -0.05) is 0 Å². The number of aryl methyl sites for hydroxylation is 1. The summed E-state index contributed by atoms with van der Waals surface area (Å²) in [5.41, 5.74) is 1.36. The normalized spacial score (nSPS) is 10.4. The molecule has 7 nitrogen and oxygen atoms in total. The Kier molecular flexibility index (Phi) is 5.87. The summed E-state index contributed by atoms with van der Waals surface area (Å²) >= 11 is 1.63. The highest BCUT2D eigenvalue weighted by atomic mass is 32.2. The summed E-state index contributed by atoms with van der Waals surface area (Å²) in [5, 5.41) is 20.0. The lowest BCUT2D eigenvalue weighted by Crippen LogP contribution is -2.24. The molecule has 1 N–H and O–H groups in total. The summed E-state index contributed by atoms with van der Waals surface area (Å²) in [5.74, 6) is 0.971. The van der Waals surface area contributed by atoms with E-state index in [0.29, 0.717) is 17.1 Å². The van der Waals surface area contributed by atoms with Crippen LogP contribution in [0.5, 0.6) is 11.5 Å². The van der Waals surface area contributed by atoms with E-state index in [4.69, 9.17) is 9.84 Å².